The van der Waals surface area contributed by atoms with E-state index in [2.05, 4.69) is 53.7 Å². The molecule has 0 saturated heterocycles. The minimum atomic E-state index is -1.30. The molecule has 10 nitrogen and oxygen atoms in total. The number of ether oxygens (including phenoxy) is 6. The number of pyridine rings is 1. The number of aromatic nitrogens is 1. The lowest BCUT2D eigenvalue weighted by molar-refractivity contribution is -0.00276. The highest BCUT2D eigenvalue weighted by Crippen LogP contribution is 2.41. The molecule has 1 N–H and O–H groups in total. The van der Waals surface area contributed by atoms with E-state index >= 15 is 0 Å². The third kappa shape index (κ3) is 13.6. The van der Waals surface area contributed by atoms with E-state index in [0.717, 1.165) is 40.8 Å². The average molecular weight is 682 g/mol. The second-order valence-corrected chi connectivity index (χ2v) is 14.0. The van der Waals surface area contributed by atoms with Gasteiger partial charge in [0, 0.05) is 36.5 Å². The summed E-state index contributed by atoms with van der Waals surface area (Å²) in [6.45, 7) is 19.1. The van der Waals surface area contributed by atoms with Gasteiger partial charge in [0.15, 0.2) is 5.75 Å². The molecule has 3 aromatic rings. The fraction of sp³-hybridized carbons (Fsp3) is 0.538. The fourth-order valence-electron chi connectivity index (χ4n) is 5.25. The summed E-state index contributed by atoms with van der Waals surface area (Å²) in [4.78, 5) is 23.8. The van der Waals surface area contributed by atoms with Crippen molar-refractivity contribution < 1.29 is 38.3 Å². The highest BCUT2D eigenvalue weighted by molar-refractivity contribution is 5.65. The van der Waals surface area contributed by atoms with E-state index < -0.39 is 6.16 Å². The third-order valence-corrected chi connectivity index (χ3v) is 7.92. The predicted molar refractivity (Wildman–Crippen MR) is 190 cm³/mol. The number of aryl methyl sites for hydroxylation is 1. The minimum absolute atomic E-state index is 0.132. The number of rotatable bonds is 20. The van der Waals surface area contributed by atoms with Crippen molar-refractivity contribution in [3.05, 3.63) is 92.9 Å². The summed E-state index contributed by atoms with van der Waals surface area (Å²) >= 11 is 0. The van der Waals surface area contributed by atoms with Gasteiger partial charge in [-0.15, -0.1) is 0 Å². The van der Waals surface area contributed by atoms with Gasteiger partial charge >= 0.3 is 6.16 Å². The lowest BCUT2D eigenvalue weighted by atomic mass is 9.78. The first-order valence-electron chi connectivity index (χ1n) is 17.0. The van der Waals surface area contributed by atoms with Gasteiger partial charge in [-0.25, -0.2) is 4.79 Å². The molecule has 270 valence electrons. The molecule has 0 aliphatic heterocycles. The Morgan fingerprint density at radius 3 is 1.78 bits per heavy atom. The standard InChI is InChI=1S/C39H55NO9/c1-29-35(48-28-30-12-9-8-10-13-30)34(41)15-16-40(29)17-19-45-21-23-47-25-24-46-22-20-44-18-11-14-31-26-32(38(2,3)4)36(49-37(42)43)33(27-31)39(5,6)7/h8-10,12-13,15-16,26-27H,11,14,17-25,28H2,1-7H3,(H,42,43). The van der Waals surface area contributed by atoms with Crippen LogP contribution in [0.15, 0.2) is 59.5 Å². The normalized spacial score (nSPS) is 11.9. The Hall–Kier alpha value is -3.70. The lowest BCUT2D eigenvalue weighted by Crippen LogP contribution is -2.22. The zero-order chi connectivity index (χ0) is 35.9. The van der Waals surface area contributed by atoms with Crippen LogP contribution in [0.2, 0.25) is 0 Å². The molecular weight excluding hydrogens is 626 g/mol. The first-order chi connectivity index (χ1) is 23.3. The zero-order valence-electron chi connectivity index (χ0n) is 30.3. The highest BCUT2D eigenvalue weighted by Gasteiger charge is 2.29. The van der Waals surface area contributed by atoms with Crippen LogP contribution in [-0.4, -0.2) is 68.7 Å². The van der Waals surface area contributed by atoms with Crippen molar-refractivity contribution in [3.8, 4) is 11.5 Å². The number of hydrogen-bond donors (Lipinski definition) is 1. The van der Waals surface area contributed by atoms with Gasteiger partial charge in [-0.2, -0.15) is 0 Å². The van der Waals surface area contributed by atoms with Crippen molar-refractivity contribution in [2.75, 3.05) is 52.9 Å². The van der Waals surface area contributed by atoms with Gasteiger partial charge in [0.25, 0.3) is 0 Å². The molecule has 10 heteroatoms. The van der Waals surface area contributed by atoms with Crippen LogP contribution in [-0.2, 0) is 49.3 Å². The molecule has 0 atom stereocenters. The SMILES string of the molecule is Cc1c(OCc2ccccc2)c(=O)ccn1CCOCCOCCOCCOCCCc1cc(C(C)(C)C)c(OC(=O)O)c(C(C)(C)C)c1. The van der Waals surface area contributed by atoms with Gasteiger partial charge in [0.05, 0.1) is 51.9 Å². The van der Waals surface area contributed by atoms with Crippen LogP contribution >= 0.6 is 0 Å². The van der Waals surface area contributed by atoms with E-state index in [1.165, 1.54) is 6.07 Å². The maximum absolute atomic E-state index is 12.3. The molecule has 0 bridgehead atoms. The maximum Gasteiger partial charge on any atom is 0.511 e. The van der Waals surface area contributed by atoms with Crippen molar-refractivity contribution in [2.24, 2.45) is 0 Å². The summed E-state index contributed by atoms with van der Waals surface area (Å²) in [5.41, 5.74) is 4.01. The lowest BCUT2D eigenvalue weighted by Gasteiger charge is -2.29. The third-order valence-electron chi connectivity index (χ3n) is 7.92. The summed E-state index contributed by atoms with van der Waals surface area (Å²) in [6, 6.07) is 15.4. The quantitative estimate of drug-likeness (QED) is 0.0759. The van der Waals surface area contributed by atoms with Crippen molar-refractivity contribution >= 4 is 6.16 Å². The first-order valence-corrected chi connectivity index (χ1v) is 17.0. The predicted octanol–water partition coefficient (Wildman–Crippen LogP) is 7.09. The zero-order valence-corrected chi connectivity index (χ0v) is 30.3. The van der Waals surface area contributed by atoms with E-state index in [1.807, 2.05) is 41.8 Å². The second-order valence-electron chi connectivity index (χ2n) is 14.0. The van der Waals surface area contributed by atoms with E-state index in [1.54, 1.807) is 6.20 Å². The second kappa shape index (κ2) is 19.5. The van der Waals surface area contributed by atoms with Crippen LogP contribution in [0.25, 0.3) is 0 Å². The van der Waals surface area contributed by atoms with Crippen molar-refractivity contribution in [1.82, 2.24) is 4.57 Å². The van der Waals surface area contributed by atoms with Crippen molar-refractivity contribution in [3.63, 3.8) is 0 Å². The molecule has 0 amide bonds. The topological polar surface area (TPSA) is 115 Å². The molecule has 1 aromatic heterocycles. The van der Waals surface area contributed by atoms with Crippen LogP contribution < -0.4 is 14.9 Å². The fourth-order valence-corrected chi connectivity index (χ4v) is 5.25. The van der Waals surface area contributed by atoms with Crippen LogP contribution in [0.1, 0.15) is 75.9 Å². The Kier molecular flexibility index (Phi) is 15.8. The summed E-state index contributed by atoms with van der Waals surface area (Å²) in [6.07, 6.45) is 2.11. The molecule has 0 saturated carbocycles. The number of benzene rings is 2. The van der Waals surface area contributed by atoms with Crippen molar-refractivity contribution in [2.45, 2.75) is 85.3 Å². The molecule has 0 spiro atoms. The number of carbonyl (C=O) groups is 1. The molecular formula is C39H55NO9. The molecule has 0 aliphatic carbocycles. The summed E-state index contributed by atoms with van der Waals surface area (Å²) in [5, 5.41) is 9.38. The number of nitrogens with zero attached hydrogens (tertiary/aromatic N) is 1. The molecule has 0 unspecified atom stereocenters. The molecule has 1 heterocycles. The van der Waals surface area contributed by atoms with E-state index in [0.29, 0.717) is 77.5 Å². The molecule has 0 fully saturated rings. The maximum atomic E-state index is 12.3. The van der Waals surface area contributed by atoms with Crippen LogP contribution in [0, 0.1) is 6.92 Å². The van der Waals surface area contributed by atoms with Gasteiger partial charge in [-0.05, 0) is 41.7 Å². The Balaban J connectivity index is 1.25. The van der Waals surface area contributed by atoms with Crippen LogP contribution in [0.5, 0.6) is 11.5 Å². The Labute approximate surface area is 291 Å². The number of hydrogen-bond acceptors (Lipinski definition) is 8. The monoisotopic (exact) mass is 681 g/mol. The molecule has 49 heavy (non-hydrogen) atoms. The van der Waals surface area contributed by atoms with E-state index in [4.69, 9.17) is 28.4 Å². The van der Waals surface area contributed by atoms with Gasteiger partial charge in [-0.3, -0.25) is 4.79 Å². The van der Waals surface area contributed by atoms with E-state index in [9.17, 15) is 14.7 Å². The smallest absolute Gasteiger partial charge is 0.483 e. The average Bonchev–Trinajstić information content (AvgIpc) is 3.03. The van der Waals surface area contributed by atoms with Gasteiger partial charge < -0.3 is 38.1 Å². The van der Waals surface area contributed by atoms with Crippen LogP contribution in [0.3, 0.4) is 0 Å². The van der Waals surface area contributed by atoms with Crippen molar-refractivity contribution in [1.29, 1.82) is 0 Å². The molecule has 0 aliphatic rings. The molecule has 3 rings (SSSR count). The summed E-state index contributed by atoms with van der Waals surface area (Å²) in [5.74, 6) is 0.806. The molecule has 2 aromatic carbocycles. The van der Waals surface area contributed by atoms with Gasteiger partial charge in [0.2, 0.25) is 5.43 Å². The molecule has 0 radical (unpaired) electrons. The number of carboxylic acid groups (broad SMARTS) is 1. The Bertz CT molecular complexity index is 1470. The largest absolute Gasteiger partial charge is 0.511 e. The Morgan fingerprint density at radius 1 is 0.714 bits per heavy atom. The van der Waals surface area contributed by atoms with Gasteiger partial charge in [-0.1, -0.05) is 84.0 Å². The minimum Gasteiger partial charge on any atom is -0.483 e. The first kappa shape index (κ1) is 39.7. The summed E-state index contributed by atoms with van der Waals surface area (Å²) < 4.78 is 35.8. The summed E-state index contributed by atoms with van der Waals surface area (Å²) in [7, 11) is 0. The van der Waals surface area contributed by atoms with Gasteiger partial charge in [0.1, 0.15) is 12.4 Å². The Morgan fingerprint density at radius 2 is 1.24 bits per heavy atom. The van der Waals surface area contributed by atoms with E-state index in [-0.39, 0.29) is 16.3 Å². The van der Waals surface area contributed by atoms with Crippen LogP contribution in [0.4, 0.5) is 4.79 Å². The highest BCUT2D eigenvalue weighted by atomic mass is 16.7.